The fraction of sp³-hybridized carbons (Fsp3) is 0.111. The molecule has 13 heavy (non-hydrogen) atoms. The van der Waals surface area contributed by atoms with Gasteiger partial charge in [0.2, 0.25) is 0 Å². The van der Waals surface area contributed by atoms with Crippen molar-refractivity contribution in [3.8, 4) is 6.07 Å². The van der Waals surface area contributed by atoms with Crippen molar-refractivity contribution in [1.82, 2.24) is 0 Å². The molecule has 0 radical (unpaired) electrons. The lowest BCUT2D eigenvalue weighted by molar-refractivity contribution is 0.101. The molecule has 0 aliphatic rings. The van der Waals surface area contributed by atoms with E-state index in [2.05, 4.69) is 15.9 Å². The minimum absolute atomic E-state index is 0.143. The maximum absolute atomic E-state index is 11.1. The Balaban J connectivity index is 3.47. The second-order valence-electron chi connectivity index (χ2n) is 2.58. The molecule has 0 heterocycles. The predicted molar refractivity (Wildman–Crippen MR) is 53.3 cm³/mol. The Morgan fingerprint density at radius 1 is 1.62 bits per heavy atom. The molecule has 0 saturated heterocycles. The third-order valence-corrected chi connectivity index (χ3v) is 2.10. The maximum Gasteiger partial charge on any atom is 0.161 e. The summed E-state index contributed by atoms with van der Waals surface area (Å²) in [6.07, 6.45) is 0. The molecule has 3 nitrogen and oxygen atoms in total. The van der Waals surface area contributed by atoms with E-state index >= 15 is 0 Å². The number of carbonyl (C=O) groups is 1. The largest absolute Gasteiger partial charge is 0.397 e. The van der Waals surface area contributed by atoms with Crippen LogP contribution in [0.25, 0.3) is 0 Å². The van der Waals surface area contributed by atoms with Gasteiger partial charge in [0.05, 0.1) is 11.3 Å². The molecule has 0 unspecified atom stereocenters. The average molecular weight is 239 g/mol. The molecule has 0 amide bonds. The van der Waals surface area contributed by atoms with Crippen LogP contribution < -0.4 is 5.73 Å². The summed E-state index contributed by atoms with van der Waals surface area (Å²) >= 11 is 3.20. The predicted octanol–water partition coefficient (Wildman–Crippen LogP) is 2.11. The first kappa shape index (κ1) is 9.75. The molecular formula is C9H7BrN2O. The van der Waals surface area contributed by atoms with Crippen molar-refractivity contribution in [3.63, 3.8) is 0 Å². The highest BCUT2D eigenvalue weighted by molar-refractivity contribution is 9.10. The number of Topliss-reactive ketones (excluding diaryl/α,β-unsaturated/α-hetero) is 1. The van der Waals surface area contributed by atoms with E-state index in [1.807, 2.05) is 6.07 Å². The third kappa shape index (κ3) is 1.87. The van der Waals surface area contributed by atoms with Gasteiger partial charge in [-0.05, 0) is 19.1 Å². The first-order chi connectivity index (χ1) is 6.06. The molecule has 0 bridgehead atoms. The van der Waals surface area contributed by atoms with Crippen molar-refractivity contribution in [2.24, 2.45) is 0 Å². The molecular weight excluding hydrogens is 232 g/mol. The highest BCUT2D eigenvalue weighted by Crippen LogP contribution is 2.23. The highest BCUT2D eigenvalue weighted by Gasteiger charge is 2.09. The van der Waals surface area contributed by atoms with Gasteiger partial charge in [-0.25, -0.2) is 0 Å². The van der Waals surface area contributed by atoms with E-state index in [1.54, 1.807) is 12.1 Å². The number of hydrogen-bond acceptors (Lipinski definition) is 3. The zero-order valence-electron chi connectivity index (χ0n) is 6.97. The summed E-state index contributed by atoms with van der Waals surface area (Å²) in [5.74, 6) is -0.143. The third-order valence-electron chi connectivity index (χ3n) is 1.64. The second kappa shape index (κ2) is 3.58. The van der Waals surface area contributed by atoms with Crippen LogP contribution in [0, 0.1) is 11.3 Å². The van der Waals surface area contributed by atoms with E-state index in [-0.39, 0.29) is 11.5 Å². The number of carbonyl (C=O) groups excluding carboxylic acids is 1. The molecule has 0 aliphatic heterocycles. The molecule has 0 spiro atoms. The van der Waals surface area contributed by atoms with Crippen LogP contribution in [0.2, 0.25) is 0 Å². The number of benzene rings is 1. The van der Waals surface area contributed by atoms with E-state index in [0.29, 0.717) is 15.6 Å². The van der Waals surface area contributed by atoms with E-state index in [9.17, 15) is 4.79 Å². The molecule has 0 atom stereocenters. The first-order valence-corrected chi connectivity index (χ1v) is 4.35. The number of nitriles is 1. The van der Waals surface area contributed by atoms with Gasteiger partial charge in [-0.2, -0.15) is 5.26 Å². The summed E-state index contributed by atoms with van der Waals surface area (Å²) in [5.41, 5.74) is 6.55. The van der Waals surface area contributed by atoms with Crippen LogP contribution in [0.15, 0.2) is 16.6 Å². The Hall–Kier alpha value is -1.34. The van der Waals surface area contributed by atoms with E-state index < -0.39 is 0 Å². The van der Waals surface area contributed by atoms with Crippen LogP contribution in [0.4, 0.5) is 5.69 Å². The lowest BCUT2D eigenvalue weighted by Gasteiger charge is -2.04. The number of rotatable bonds is 1. The Labute approximate surface area is 84.3 Å². The summed E-state index contributed by atoms with van der Waals surface area (Å²) < 4.78 is 0.684. The van der Waals surface area contributed by atoms with Gasteiger partial charge in [0, 0.05) is 10.0 Å². The number of anilines is 1. The van der Waals surface area contributed by atoms with E-state index in [1.165, 1.54) is 6.92 Å². The van der Waals surface area contributed by atoms with Crippen LogP contribution in [-0.2, 0) is 0 Å². The quantitative estimate of drug-likeness (QED) is 0.602. The van der Waals surface area contributed by atoms with Gasteiger partial charge in [-0.15, -0.1) is 0 Å². The Morgan fingerprint density at radius 2 is 2.23 bits per heavy atom. The second-order valence-corrected chi connectivity index (χ2v) is 3.50. The summed E-state index contributed by atoms with van der Waals surface area (Å²) in [6, 6.07) is 5.12. The number of halogens is 1. The average Bonchev–Trinajstić information content (AvgIpc) is 2.08. The number of hydrogen-bond donors (Lipinski definition) is 1. The topological polar surface area (TPSA) is 66.9 Å². The van der Waals surface area contributed by atoms with Crippen LogP contribution in [0.1, 0.15) is 22.8 Å². The van der Waals surface area contributed by atoms with Gasteiger partial charge in [-0.3, -0.25) is 4.79 Å². The van der Waals surface area contributed by atoms with Crippen molar-refractivity contribution in [1.29, 1.82) is 5.26 Å². The Kier molecular flexibility index (Phi) is 2.69. The SMILES string of the molecule is CC(=O)c1cc(Br)cc(C#N)c1N. The van der Waals surface area contributed by atoms with Crippen LogP contribution in [0.5, 0.6) is 0 Å². The van der Waals surface area contributed by atoms with Gasteiger partial charge in [0.15, 0.2) is 5.78 Å². The fourth-order valence-electron chi connectivity index (χ4n) is 1.00. The van der Waals surface area contributed by atoms with Crippen LogP contribution in [0.3, 0.4) is 0 Å². The minimum atomic E-state index is -0.143. The Bertz CT molecular complexity index is 407. The van der Waals surface area contributed by atoms with E-state index in [0.717, 1.165) is 0 Å². The molecule has 1 rings (SSSR count). The lowest BCUT2D eigenvalue weighted by atomic mass is 10.1. The van der Waals surface area contributed by atoms with Gasteiger partial charge in [0.1, 0.15) is 6.07 Å². The fourth-order valence-corrected chi connectivity index (χ4v) is 1.46. The molecule has 4 heteroatoms. The van der Waals surface area contributed by atoms with Gasteiger partial charge in [0.25, 0.3) is 0 Å². The van der Waals surface area contributed by atoms with Gasteiger partial charge >= 0.3 is 0 Å². The molecule has 0 saturated carbocycles. The zero-order valence-corrected chi connectivity index (χ0v) is 8.55. The molecule has 1 aromatic carbocycles. The molecule has 0 aliphatic carbocycles. The van der Waals surface area contributed by atoms with E-state index in [4.69, 9.17) is 11.0 Å². The normalized spacial score (nSPS) is 9.31. The minimum Gasteiger partial charge on any atom is -0.397 e. The van der Waals surface area contributed by atoms with Crippen molar-refractivity contribution in [3.05, 3.63) is 27.7 Å². The van der Waals surface area contributed by atoms with Crippen molar-refractivity contribution >= 4 is 27.4 Å². The van der Waals surface area contributed by atoms with Gasteiger partial charge < -0.3 is 5.73 Å². The maximum atomic E-state index is 11.1. The number of nitrogen functional groups attached to an aromatic ring is 1. The smallest absolute Gasteiger partial charge is 0.161 e. The van der Waals surface area contributed by atoms with Crippen LogP contribution in [-0.4, -0.2) is 5.78 Å². The van der Waals surface area contributed by atoms with Crippen molar-refractivity contribution in [2.75, 3.05) is 5.73 Å². The summed E-state index contributed by atoms with van der Waals surface area (Å²) in [7, 11) is 0. The summed E-state index contributed by atoms with van der Waals surface area (Å²) in [6.45, 7) is 1.42. The lowest BCUT2D eigenvalue weighted by Crippen LogP contribution is -2.02. The number of nitrogens with two attached hydrogens (primary N) is 1. The molecule has 1 aromatic rings. The zero-order chi connectivity index (χ0) is 10.0. The number of nitrogens with zero attached hydrogens (tertiary/aromatic N) is 1. The van der Waals surface area contributed by atoms with Crippen molar-refractivity contribution in [2.45, 2.75) is 6.92 Å². The summed E-state index contributed by atoms with van der Waals surface area (Å²) in [4.78, 5) is 11.1. The Morgan fingerprint density at radius 3 is 2.69 bits per heavy atom. The monoisotopic (exact) mass is 238 g/mol. The molecule has 2 N–H and O–H groups in total. The molecule has 66 valence electrons. The highest BCUT2D eigenvalue weighted by atomic mass is 79.9. The molecule has 0 fully saturated rings. The first-order valence-electron chi connectivity index (χ1n) is 3.56. The van der Waals surface area contributed by atoms with Gasteiger partial charge in [-0.1, -0.05) is 15.9 Å². The van der Waals surface area contributed by atoms with Crippen LogP contribution >= 0.6 is 15.9 Å². The van der Waals surface area contributed by atoms with Crippen molar-refractivity contribution < 1.29 is 4.79 Å². The number of ketones is 1. The standard InChI is InChI=1S/C9H7BrN2O/c1-5(13)8-3-7(10)2-6(4-11)9(8)12/h2-3H,12H2,1H3. The summed E-state index contributed by atoms with van der Waals surface area (Å²) in [5, 5.41) is 8.69. The molecule has 0 aromatic heterocycles.